The van der Waals surface area contributed by atoms with Crippen LogP contribution in [0.4, 0.5) is 8.78 Å². The molecule has 5 heteroatoms. The van der Waals surface area contributed by atoms with E-state index in [0.29, 0.717) is 18.7 Å². The van der Waals surface area contributed by atoms with E-state index in [1.54, 1.807) is 6.92 Å². The SMILES string of the molecule is CC#CC(=O)N1CCc2c([nH]c3ccccc23)[C@@H]1c1cc(F)ccc1F. The maximum absolute atomic E-state index is 14.6. The molecule has 0 unspecified atom stereocenters. The molecule has 4 rings (SSSR count). The highest BCUT2D eigenvalue weighted by molar-refractivity contribution is 5.95. The van der Waals surface area contributed by atoms with E-state index < -0.39 is 23.6 Å². The third kappa shape index (κ3) is 2.55. The normalized spacial score (nSPS) is 16.1. The topological polar surface area (TPSA) is 36.1 Å². The molecule has 1 atom stereocenters. The van der Waals surface area contributed by atoms with E-state index in [0.717, 1.165) is 34.7 Å². The summed E-state index contributed by atoms with van der Waals surface area (Å²) in [7, 11) is 0. The summed E-state index contributed by atoms with van der Waals surface area (Å²) < 4.78 is 28.4. The van der Waals surface area contributed by atoms with E-state index in [2.05, 4.69) is 16.8 Å². The van der Waals surface area contributed by atoms with Gasteiger partial charge >= 0.3 is 0 Å². The minimum absolute atomic E-state index is 0.128. The minimum atomic E-state index is -0.741. The number of carbonyl (C=O) groups is 1. The lowest BCUT2D eigenvalue weighted by Crippen LogP contribution is -2.40. The number of hydrogen-bond acceptors (Lipinski definition) is 1. The van der Waals surface area contributed by atoms with Gasteiger partial charge in [-0.05, 0) is 49.1 Å². The third-order valence-corrected chi connectivity index (χ3v) is 4.78. The van der Waals surface area contributed by atoms with E-state index in [-0.39, 0.29) is 5.56 Å². The molecule has 0 radical (unpaired) electrons. The van der Waals surface area contributed by atoms with Gasteiger partial charge in [0.05, 0.1) is 0 Å². The summed E-state index contributed by atoms with van der Waals surface area (Å²) in [4.78, 5) is 17.3. The molecule has 1 N–H and O–H groups in total. The lowest BCUT2D eigenvalue weighted by Gasteiger charge is -2.35. The van der Waals surface area contributed by atoms with Crippen LogP contribution in [-0.2, 0) is 11.2 Å². The van der Waals surface area contributed by atoms with Crippen LogP contribution < -0.4 is 0 Å². The predicted octanol–water partition coefficient (Wildman–Crippen LogP) is 3.94. The van der Waals surface area contributed by atoms with Gasteiger partial charge in [-0.15, -0.1) is 0 Å². The van der Waals surface area contributed by atoms with Crippen LogP contribution in [-0.4, -0.2) is 22.3 Å². The van der Waals surface area contributed by atoms with Crippen molar-refractivity contribution in [1.82, 2.24) is 9.88 Å². The predicted molar refractivity (Wildman–Crippen MR) is 95.4 cm³/mol. The van der Waals surface area contributed by atoms with E-state index >= 15 is 0 Å². The first kappa shape index (κ1) is 16.3. The van der Waals surface area contributed by atoms with Gasteiger partial charge in [0.2, 0.25) is 0 Å². The number of aromatic nitrogens is 1. The fourth-order valence-corrected chi connectivity index (χ4v) is 3.69. The van der Waals surface area contributed by atoms with Crippen LogP contribution >= 0.6 is 0 Å². The first-order valence-corrected chi connectivity index (χ1v) is 8.38. The van der Waals surface area contributed by atoms with Crippen LogP contribution in [0.1, 0.15) is 29.8 Å². The molecule has 130 valence electrons. The zero-order chi connectivity index (χ0) is 18.3. The smallest absolute Gasteiger partial charge is 0.299 e. The monoisotopic (exact) mass is 350 g/mol. The average Bonchev–Trinajstić information content (AvgIpc) is 3.02. The summed E-state index contributed by atoms with van der Waals surface area (Å²) in [5.41, 5.74) is 2.79. The van der Waals surface area contributed by atoms with Gasteiger partial charge in [-0.25, -0.2) is 8.78 Å². The second kappa shape index (κ2) is 6.30. The second-order valence-electron chi connectivity index (χ2n) is 6.25. The summed E-state index contributed by atoms with van der Waals surface area (Å²) in [6, 6.07) is 10.4. The van der Waals surface area contributed by atoms with Crippen molar-refractivity contribution in [2.45, 2.75) is 19.4 Å². The Balaban J connectivity index is 1.96. The summed E-state index contributed by atoms with van der Waals surface area (Å²) in [6.45, 7) is 1.97. The standard InChI is InChI=1S/C21H16F2N2O/c1-2-5-19(26)25-11-10-15-14-6-3-4-7-18(14)24-20(15)21(25)16-12-13(22)8-9-17(16)23/h3-4,6-9,12,21,24H,10-11H2,1H3/t21-/m0/s1. The number of fused-ring (bicyclic) bond motifs is 3. The number of H-pyrrole nitrogens is 1. The van der Waals surface area contributed by atoms with Crippen LogP contribution in [0.5, 0.6) is 0 Å². The van der Waals surface area contributed by atoms with Crippen LogP contribution in [0.3, 0.4) is 0 Å². The van der Waals surface area contributed by atoms with Crippen molar-refractivity contribution < 1.29 is 13.6 Å². The molecule has 3 aromatic rings. The average molecular weight is 350 g/mol. The van der Waals surface area contributed by atoms with Crippen molar-refractivity contribution in [2.75, 3.05) is 6.54 Å². The molecule has 1 aliphatic heterocycles. The first-order chi connectivity index (χ1) is 12.6. The number of para-hydroxylation sites is 1. The highest BCUT2D eigenvalue weighted by atomic mass is 19.1. The molecular formula is C21H16F2N2O. The molecular weight excluding hydrogens is 334 g/mol. The highest BCUT2D eigenvalue weighted by Gasteiger charge is 2.35. The van der Waals surface area contributed by atoms with Gasteiger partial charge < -0.3 is 9.88 Å². The Morgan fingerprint density at radius 3 is 2.85 bits per heavy atom. The number of amides is 1. The quantitative estimate of drug-likeness (QED) is 0.663. The fourth-order valence-electron chi connectivity index (χ4n) is 3.69. The number of aromatic amines is 1. The van der Waals surface area contributed by atoms with Crippen molar-refractivity contribution in [1.29, 1.82) is 0 Å². The molecule has 2 aromatic carbocycles. The zero-order valence-electron chi connectivity index (χ0n) is 14.1. The number of carbonyl (C=O) groups excluding carboxylic acids is 1. The van der Waals surface area contributed by atoms with Crippen LogP contribution in [0.2, 0.25) is 0 Å². The molecule has 0 aliphatic carbocycles. The van der Waals surface area contributed by atoms with Gasteiger partial charge in [-0.1, -0.05) is 24.1 Å². The Morgan fingerprint density at radius 1 is 1.23 bits per heavy atom. The van der Waals surface area contributed by atoms with Gasteiger partial charge in [-0.3, -0.25) is 4.79 Å². The molecule has 2 heterocycles. The summed E-state index contributed by atoms with van der Waals surface area (Å²) in [5.74, 6) is 3.62. The van der Waals surface area contributed by atoms with Crippen LogP contribution in [0.25, 0.3) is 10.9 Å². The first-order valence-electron chi connectivity index (χ1n) is 8.38. The van der Waals surface area contributed by atoms with Gasteiger partial charge in [0.25, 0.3) is 5.91 Å². The van der Waals surface area contributed by atoms with E-state index in [9.17, 15) is 13.6 Å². The van der Waals surface area contributed by atoms with E-state index in [1.807, 2.05) is 24.3 Å². The molecule has 0 saturated heterocycles. The molecule has 0 fully saturated rings. The Hall–Kier alpha value is -3.13. The Labute approximate surface area is 149 Å². The molecule has 1 aromatic heterocycles. The zero-order valence-corrected chi connectivity index (χ0v) is 14.1. The van der Waals surface area contributed by atoms with E-state index in [4.69, 9.17) is 0 Å². The molecule has 0 spiro atoms. The molecule has 0 bridgehead atoms. The Kier molecular flexibility index (Phi) is 3.96. The highest BCUT2D eigenvalue weighted by Crippen LogP contribution is 2.39. The van der Waals surface area contributed by atoms with Gasteiger partial charge in [0, 0.05) is 28.7 Å². The lowest BCUT2D eigenvalue weighted by atomic mass is 9.92. The molecule has 1 amide bonds. The minimum Gasteiger partial charge on any atom is -0.356 e. The van der Waals surface area contributed by atoms with Gasteiger partial charge in [0.15, 0.2) is 0 Å². The third-order valence-electron chi connectivity index (χ3n) is 4.78. The van der Waals surface area contributed by atoms with Crippen LogP contribution in [0, 0.1) is 23.5 Å². The number of nitrogens with zero attached hydrogens (tertiary/aromatic N) is 1. The van der Waals surface area contributed by atoms with Crippen molar-refractivity contribution in [3.63, 3.8) is 0 Å². The van der Waals surface area contributed by atoms with Crippen molar-refractivity contribution >= 4 is 16.8 Å². The maximum atomic E-state index is 14.6. The molecule has 1 aliphatic rings. The number of benzene rings is 2. The van der Waals surface area contributed by atoms with Crippen LogP contribution in [0.15, 0.2) is 42.5 Å². The van der Waals surface area contributed by atoms with Gasteiger partial charge in [0.1, 0.15) is 17.7 Å². The van der Waals surface area contributed by atoms with Crippen molar-refractivity contribution in [3.05, 3.63) is 70.9 Å². The number of nitrogens with one attached hydrogen (secondary N) is 1. The summed E-state index contributed by atoms with van der Waals surface area (Å²) >= 11 is 0. The lowest BCUT2D eigenvalue weighted by molar-refractivity contribution is -0.127. The number of hydrogen-bond donors (Lipinski definition) is 1. The molecule has 3 nitrogen and oxygen atoms in total. The van der Waals surface area contributed by atoms with Gasteiger partial charge in [-0.2, -0.15) is 0 Å². The Morgan fingerprint density at radius 2 is 2.04 bits per heavy atom. The maximum Gasteiger partial charge on any atom is 0.299 e. The van der Waals surface area contributed by atoms with Crippen molar-refractivity contribution in [3.8, 4) is 11.8 Å². The van der Waals surface area contributed by atoms with E-state index in [1.165, 1.54) is 4.90 Å². The largest absolute Gasteiger partial charge is 0.356 e. The summed E-state index contributed by atoms with van der Waals surface area (Å²) in [5, 5.41) is 1.04. The molecule has 0 saturated carbocycles. The number of halogens is 2. The fraction of sp³-hybridized carbons (Fsp3) is 0.190. The van der Waals surface area contributed by atoms with Crippen molar-refractivity contribution in [2.24, 2.45) is 0 Å². The Bertz CT molecular complexity index is 1070. The second-order valence-corrected chi connectivity index (χ2v) is 6.25. The molecule has 26 heavy (non-hydrogen) atoms. The number of rotatable bonds is 1. The summed E-state index contributed by atoms with van der Waals surface area (Å²) in [6.07, 6.45) is 0.629.